The Kier molecular flexibility index (Phi) is 3.13. The molecule has 0 radical (unpaired) electrons. The number of hydrogen-bond acceptors (Lipinski definition) is 1. The highest BCUT2D eigenvalue weighted by molar-refractivity contribution is 6.27. The maximum atomic E-state index is 13.2. The fourth-order valence-corrected chi connectivity index (χ4v) is 2.61. The second kappa shape index (κ2) is 4.30. The van der Waals surface area contributed by atoms with Crippen molar-refractivity contribution in [3.05, 3.63) is 35.1 Å². The first-order valence-electron chi connectivity index (χ1n) is 5.57. The number of hydrogen-bond donors (Lipinski definition) is 0. The topological polar surface area (TPSA) is 20.3 Å². The second-order valence-corrected chi connectivity index (χ2v) is 5.34. The summed E-state index contributed by atoms with van der Waals surface area (Å²) in [6, 6.07) is 4.79. The fourth-order valence-electron chi connectivity index (χ4n) is 2.44. The summed E-state index contributed by atoms with van der Waals surface area (Å²) in [5.74, 6) is -0.393. The lowest BCUT2D eigenvalue weighted by Crippen LogP contribution is -2.45. The van der Waals surface area contributed by atoms with Crippen molar-refractivity contribution < 1.29 is 9.18 Å². The Morgan fingerprint density at radius 1 is 1.53 bits per heavy atom. The van der Waals surface area contributed by atoms with Crippen LogP contribution in [0.1, 0.15) is 25.0 Å². The van der Waals surface area contributed by atoms with Crippen LogP contribution in [0.3, 0.4) is 0 Å². The van der Waals surface area contributed by atoms with Crippen LogP contribution in [-0.4, -0.2) is 23.2 Å². The van der Waals surface area contributed by atoms with Gasteiger partial charge in [0.05, 0.1) is 0 Å². The van der Waals surface area contributed by atoms with Crippen LogP contribution in [0.2, 0.25) is 0 Å². The van der Waals surface area contributed by atoms with Gasteiger partial charge < -0.3 is 4.90 Å². The number of benzene rings is 1. The number of carbonyl (C=O) groups excluding carboxylic acids is 1. The van der Waals surface area contributed by atoms with Crippen LogP contribution < -0.4 is 0 Å². The Balaban J connectivity index is 2.41. The molecule has 2 nitrogen and oxygen atoms in total. The number of carbonyl (C=O) groups is 1. The van der Waals surface area contributed by atoms with Gasteiger partial charge in [-0.25, -0.2) is 4.39 Å². The minimum atomic E-state index is -0.264. The lowest BCUT2D eigenvalue weighted by molar-refractivity contribution is -0.130. The van der Waals surface area contributed by atoms with Crippen LogP contribution in [0.4, 0.5) is 4.39 Å². The highest BCUT2D eigenvalue weighted by Crippen LogP contribution is 2.33. The van der Waals surface area contributed by atoms with Gasteiger partial charge in [-0.15, -0.1) is 11.6 Å². The Morgan fingerprint density at radius 3 is 2.88 bits per heavy atom. The summed E-state index contributed by atoms with van der Waals surface area (Å²) in [4.78, 5) is 13.3. The molecule has 4 heteroatoms. The van der Waals surface area contributed by atoms with Crippen LogP contribution in [-0.2, 0) is 16.8 Å². The van der Waals surface area contributed by atoms with Gasteiger partial charge in [-0.2, -0.15) is 0 Å². The summed E-state index contributed by atoms with van der Waals surface area (Å²) in [5, 5.41) is 0. The van der Waals surface area contributed by atoms with Crippen molar-refractivity contribution in [2.24, 2.45) is 0 Å². The smallest absolute Gasteiger partial charge is 0.237 e. The molecule has 2 rings (SSSR count). The maximum absolute atomic E-state index is 13.2. The van der Waals surface area contributed by atoms with Gasteiger partial charge in [-0.05, 0) is 23.3 Å². The van der Waals surface area contributed by atoms with Crippen LogP contribution in [0.5, 0.6) is 0 Å². The SMILES string of the molecule is CC1(C)CN(C(=O)CCl)Cc2cc(F)ccc21. The van der Waals surface area contributed by atoms with E-state index in [0.29, 0.717) is 13.1 Å². The minimum Gasteiger partial charge on any atom is -0.336 e. The number of alkyl halides is 1. The molecule has 0 saturated heterocycles. The van der Waals surface area contributed by atoms with Crippen LogP contribution in [0, 0.1) is 5.82 Å². The third-order valence-electron chi connectivity index (χ3n) is 3.21. The quantitative estimate of drug-likeness (QED) is 0.707. The molecule has 1 heterocycles. The van der Waals surface area contributed by atoms with E-state index in [2.05, 4.69) is 13.8 Å². The molecule has 1 aliphatic rings. The molecule has 1 aliphatic heterocycles. The molecule has 0 saturated carbocycles. The van der Waals surface area contributed by atoms with Gasteiger partial charge in [-0.3, -0.25) is 4.79 Å². The zero-order chi connectivity index (χ0) is 12.6. The first kappa shape index (κ1) is 12.4. The standard InChI is InChI=1S/C13H15ClFNO/c1-13(2)8-16(12(17)6-14)7-9-5-10(15)3-4-11(9)13/h3-5H,6-8H2,1-2H3. The average molecular weight is 256 g/mol. The van der Waals surface area contributed by atoms with Crippen LogP contribution in [0.25, 0.3) is 0 Å². The van der Waals surface area contributed by atoms with Crippen molar-refractivity contribution in [3.63, 3.8) is 0 Å². The lowest BCUT2D eigenvalue weighted by Gasteiger charge is -2.39. The molecule has 0 aromatic heterocycles. The number of nitrogens with zero attached hydrogens (tertiary/aromatic N) is 1. The Labute approximate surface area is 105 Å². The molecular formula is C13H15ClFNO. The number of halogens is 2. The Morgan fingerprint density at radius 2 is 2.24 bits per heavy atom. The molecule has 1 amide bonds. The van der Waals surface area contributed by atoms with E-state index in [0.717, 1.165) is 11.1 Å². The predicted octanol–water partition coefficient (Wildman–Crippen LogP) is 2.68. The number of fused-ring (bicyclic) bond motifs is 1. The third-order valence-corrected chi connectivity index (χ3v) is 3.44. The Hall–Kier alpha value is -1.09. The van der Waals surface area contributed by atoms with E-state index in [-0.39, 0.29) is 23.0 Å². The van der Waals surface area contributed by atoms with Crippen molar-refractivity contribution >= 4 is 17.5 Å². The normalized spacial score (nSPS) is 17.8. The molecule has 0 unspecified atom stereocenters. The number of amides is 1. The first-order chi connectivity index (χ1) is 7.94. The minimum absolute atomic E-state index is 0.0271. The van der Waals surface area contributed by atoms with Crippen molar-refractivity contribution in [2.45, 2.75) is 25.8 Å². The van der Waals surface area contributed by atoms with Gasteiger partial charge in [0, 0.05) is 18.5 Å². The summed E-state index contributed by atoms with van der Waals surface area (Å²) in [6.07, 6.45) is 0. The van der Waals surface area contributed by atoms with E-state index in [1.54, 1.807) is 4.90 Å². The van der Waals surface area contributed by atoms with Crippen LogP contribution >= 0.6 is 11.6 Å². The highest BCUT2D eigenvalue weighted by Gasteiger charge is 2.33. The molecule has 0 aliphatic carbocycles. The maximum Gasteiger partial charge on any atom is 0.237 e. The lowest BCUT2D eigenvalue weighted by atomic mass is 9.78. The highest BCUT2D eigenvalue weighted by atomic mass is 35.5. The third kappa shape index (κ3) is 2.29. The molecule has 0 N–H and O–H groups in total. The first-order valence-corrected chi connectivity index (χ1v) is 6.10. The number of rotatable bonds is 1. The van der Waals surface area contributed by atoms with Gasteiger partial charge in [0.15, 0.2) is 0 Å². The van der Waals surface area contributed by atoms with Crippen LogP contribution in [0.15, 0.2) is 18.2 Å². The monoisotopic (exact) mass is 255 g/mol. The molecule has 0 fully saturated rings. The van der Waals surface area contributed by atoms with Crippen molar-refractivity contribution in [2.75, 3.05) is 12.4 Å². The summed E-state index contributed by atoms with van der Waals surface area (Å²) in [5.41, 5.74) is 1.82. The van der Waals surface area contributed by atoms with Crippen molar-refractivity contribution in [3.8, 4) is 0 Å². The van der Waals surface area contributed by atoms with E-state index in [1.165, 1.54) is 12.1 Å². The van der Waals surface area contributed by atoms with Crippen molar-refractivity contribution in [1.29, 1.82) is 0 Å². The molecule has 1 aromatic carbocycles. The van der Waals surface area contributed by atoms with E-state index in [9.17, 15) is 9.18 Å². The predicted molar refractivity (Wildman–Crippen MR) is 65.6 cm³/mol. The molecule has 0 atom stereocenters. The zero-order valence-electron chi connectivity index (χ0n) is 9.96. The van der Waals surface area contributed by atoms with E-state index in [1.807, 2.05) is 6.07 Å². The average Bonchev–Trinajstić information content (AvgIpc) is 2.26. The molecule has 1 aromatic rings. The second-order valence-electron chi connectivity index (χ2n) is 5.07. The fraction of sp³-hybridized carbons (Fsp3) is 0.462. The van der Waals surface area contributed by atoms with Gasteiger partial charge in [0.2, 0.25) is 5.91 Å². The molecule has 0 bridgehead atoms. The molecular weight excluding hydrogens is 241 g/mol. The molecule has 0 spiro atoms. The summed E-state index contributed by atoms with van der Waals surface area (Å²) in [7, 11) is 0. The zero-order valence-corrected chi connectivity index (χ0v) is 10.7. The van der Waals surface area contributed by atoms with Crippen molar-refractivity contribution in [1.82, 2.24) is 4.90 Å². The van der Waals surface area contributed by atoms with E-state index < -0.39 is 0 Å². The summed E-state index contributed by atoms with van der Waals surface area (Å²) >= 11 is 5.57. The summed E-state index contributed by atoms with van der Waals surface area (Å²) in [6.45, 7) is 5.17. The van der Waals surface area contributed by atoms with Gasteiger partial charge in [0.1, 0.15) is 11.7 Å². The Bertz CT molecular complexity index is 459. The van der Waals surface area contributed by atoms with E-state index in [4.69, 9.17) is 11.6 Å². The molecule has 92 valence electrons. The van der Waals surface area contributed by atoms with Gasteiger partial charge in [0.25, 0.3) is 0 Å². The van der Waals surface area contributed by atoms with E-state index >= 15 is 0 Å². The molecule has 17 heavy (non-hydrogen) atoms. The van der Waals surface area contributed by atoms with Gasteiger partial charge in [-0.1, -0.05) is 19.9 Å². The summed E-state index contributed by atoms with van der Waals surface area (Å²) < 4.78 is 13.2. The van der Waals surface area contributed by atoms with Gasteiger partial charge >= 0.3 is 0 Å². The largest absolute Gasteiger partial charge is 0.336 e.